The number of aromatic nitrogens is 2. The van der Waals surface area contributed by atoms with Gasteiger partial charge in [0.15, 0.2) is 16.8 Å². The maximum Gasteiger partial charge on any atom is 0.167 e. The number of nitrogens with zero attached hydrogens (tertiary/aromatic N) is 2. The molecule has 28 heavy (non-hydrogen) atoms. The molecular formula is C23H18ClN3O. The quantitative estimate of drug-likeness (QED) is 0.455. The molecule has 0 unspecified atom stereocenters. The van der Waals surface area contributed by atoms with Crippen LogP contribution in [0.4, 0.5) is 5.82 Å². The zero-order valence-corrected chi connectivity index (χ0v) is 15.9. The van der Waals surface area contributed by atoms with Gasteiger partial charge in [-0.25, -0.2) is 0 Å². The molecule has 0 aliphatic heterocycles. The number of anilines is 1. The van der Waals surface area contributed by atoms with Gasteiger partial charge in [-0.05, 0) is 23.3 Å². The monoisotopic (exact) mass is 387 g/mol. The van der Waals surface area contributed by atoms with Crippen LogP contribution in [0.25, 0.3) is 10.8 Å². The van der Waals surface area contributed by atoms with Crippen molar-refractivity contribution in [3.63, 3.8) is 0 Å². The summed E-state index contributed by atoms with van der Waals surface area (Å²) in [6.07, 6.45) is 0.349. The van der Waals surface area contributed by atoms with E-state index in [2.05, 4.69) is 15.5 Å². The van der Waals surface area contributed by atoms with Crippen molar-refractivity contribution >= 4 is 34.0 Å². The minimum atomic E-state index is 0.0415. The molecule has 5 heteroatoms. The molecule has 0 aliphatic rings. The van der Waals surface area contributed by atoms with Crippen LogP contribution in [0.3, 0.4) is 0 Å². The summed E-state index contributed by atoms with van der Waals surface area (Å²) < 4.78 is 0. The van der Waals surface area contributed by atoms with E-state index >= 15 is 0 Å². The summed E-state index contributed by atoms with van der Waals surface area (Å²) >= 11 is 6.27. The normalized spacial score (nSPS) is 10.8. The molecule has 1 aromatic heterocycles. The molecule has 4 nitrogen and oxygen atoms in total. The Bertz CT molecular complexity index is 1110. The van der Waals surface area contributed by atoms with Gasteiger partial charge in [0.25, 0.3) is 0 Å². The Hall–Kier alpha value is -3.24. The Balaban J connectivity index is 1.60. The summed E-state index contributed by atoms with van der Waals surface area (Å²) in [6, 6.07) is 25.2. The molecule has 0 spiro atoms. The third-order valence-electron chi connectivity index (χ3n) is 4.57. The minimum absolute atomic E-state index is 0.0415. The number of benzene rings is 3. The molecule has 0 bridgehead atoms. The summed E-state index contributed by atoms with van der Waals surface area (Å²) in [5.74, 6) is 0.685. The number of ketones is 1. The number of nitrogens with one attached hydrogen (secondary N) is 1. The lowest BCUT2D eigenvalue weighted by molar-refractivity contribution is 0.0993. The summed E-state index contributed by atoms with van der Waals surface area (Å²) in [5, 5.41) is 13.4. The van der Waals surface area contributed by atoms with Gasteiger partial charge in [-0.1, -0.05) is 78.3 Å². The molecular weight excluding hydrogens is 370 g/mol. The molecule has 0 atom stereocenters. The first-order valence-electron chi connectivity index (χ1n) is 9.01. The molecule has 4 rings (SSSR count). The first-order chi connectivity index (χ1) is 13.7. The first kappa shape index (κ1) is 18.1. The zero-order valence-electron chi connectivity index (χ0n) is 15.1. The molecule has 0 fully saturated rings. The van der Waals surface area contributed by atoms with Crippen LogP contribution in [0, 0.1) is 0 Å². The third-order valence-corrected chi connectivity index (χ3v) is 4.85. The number of carbonyl (C=O) groups is 1. The van der Waals surface area contributed by atoms with Crippen molar-refractivity contribution in [2.45, 2.75) is 13.0 Å². The number of fused-ring (bicyclic) bond motifs is 1. The maximum absolute atomic E-state index is 12.7. The second kappa shape index (κ2) is 8.19. The number of hydrogen-bond acceptors (Lipinski definition) is 4. The largest absolute Gasteiger partial charge is 0.364 e. The highest BCUT2D eigenvalue weighted by atomic mass is 35.5. The highest BCUT2D eigenvalue weighted by Crippen LogP contribution is 2.28. The lowest BCUT2D eigenvalue weighted by Gasteiger charge is -2.10. The van der Waals surface area contributed by atoms with Crippen molar-refractivity contribution in [3.05, 3.63) is 101 Å². The van der Waals surface area contributed by atoms with E-state index in [1.807, 2.05) is 72.8 Å². The molecule has 0 saturated heterocycles. The number of rotatable bonds is 6. The number of hydrogen-bond donors (Lipinski definition) is 1. The highest BCUT2D eigenvalue weighted by molar-refractivity contribution is 6.34. The van der Waals surface area contributed by atoms with Crippen LogP contribution in [-0.4, -0.2) is 16.0 Å². The van der Waals surface area contributed by atoms with Crippen LogP contribution >= 0.6 is 11.6 Å². The van der Waals surface area contributed by atoms with Crippen LogP contribution in [-0.2, 0) is 13.0 Å². The molecule has 0 saturated carbocycles. The first-order valence-corrected chi connectivity index (χ1v) is 9.39. The third kappa shape index (κ3) is 4.02. The molecule has 0 aliphatic carbocycles. The van der Waals surface area contributed by atoms with Gasteiger partial charge in [0.1, 0.15) is 0 Å². The molecule has 138 valence electrons. The fraction of sp³-hybridized carbons (Fsp3) is 0.0870. The van der Waals surface area contributed by atoms with Gasteiger partial charge in [-0.2, -0.15) is 0 Å². The average Bonchev–Trinajstić information content (AvgIpc) is 2.74. The van der Waals surface area contributed by atoms with Gasteiger partial charge < -0.3 is 5.32 Å². The standard InChI is InChI=1S/C23H18ClN3O/c24-22-20-14-18(21(28)13-16-7-3-1-4-8-16)11-12-19(20)23(27-26-22)25-15-17-9-5-2-6-10-17/h1-12,14H,13,15H2,(H,25,27). The highest BCUT2D eigenvalue weighted by Gasteiger charge is 2.13. The van der Waals surface area contributed by atoms with Crippen molar-refractivity contribution < 1.29 is 4.79 Å². The van der Waals surface area contributed by atoms with E-state index in [1.54, 1.807) is 6.07 Å². The van der Waals surface area contributed by atoms with Crippen LogP contribution in [0.2, 0.25) is 5.15 Å². The lowest BCUT2D eigenvalue weighted by atomic mass is 10.0. The Morgan fingerprint density at radius 1 is 0.821 bits per heavy atom. The second-order valence-corrected chi connectivity index (χ2v) is 6.88. The number of halogens is 1. The predicted molar refractivity (Wildman–Crippen MR) is 113 cm³/mol. The topological polar surface area (TPSA) is 54.9 Å². The van der Waals surface area contributed by atoms with E-state index in [0.717, 1.165) is 16.5 Å². The minimum Gasteiger partial charge on any atom is -0.364 e. The second-order valence-electron chi connectivity index (χ2n) is 6.52. The van der Waals surface area contributed by atoms with Crippen molar-refractivity contribution in [3.8, 4) is 0 Å². The Kier molecular flexibility index (Phi) is 5.31. The van der Waals surface area contributed by atoms with Crippen molar-refractivity contribution in [1.29, 1.82) is 0 Å². The van der Waals surface area contributed by atoms with E-state index in [0.29, 0.717) is 29.7 Å². The fourth-order valence-electron chi connectivity index (χ4n) is 3.09. The van der Waals surface area contributed by atoms with E-state index < -0.39 is 0 Å². The zero-order chi connectivity index (χ0) is 19.3. The van der Waals surface area contributed by atoms with Crippen LogP contribution in [0.5, 0.6) is 0 Å². The van der Waals surface area contributed by atoms with Crippen LogP contribution in [0.15, 0.2) is 78.9 Å². The number of carbonyl (C=O) groups excluding carboxylic acids is 1. The van der Waals surface area contributed by atoms with Crippen molar-refractivity contribution in [2.24, 2.45) is 0 Å². The maximum atomic E-state index is 12.7. The summed E-state index contributed by atoms with van der Waals surface area (Å²) in [7, 11) is 0. The fourth-order valence-corrected chi connectivity index (χ4v) is 3.29. The molecule has 0 radical (unpaired) electrons. The molecule has 3 aromatic carbocycles. The molecule has 4 aromatic rings. The van der Waals surface area contributed by atoms with Gasteiger partial charge in [-0.15, -0.1) is 10.2 Å². The summed E-state index contributed by atoms with van der Waals surface area (Å²) in [5.41, 5.74) is 2.74. The van der Waals surface area contributed by atoms with Crippen molar-refractivity contribution in [2.75, 3.05) is 5.32 Å². The molecule has 1 N–H and O–H groups in total. The smallest absolute Gasteiger partial charge is 0.167 e. The molecule has 0 amide bonds. The van der Waals surface area contributed by atoms with Crippen molar-refractivity contribution in [1.82, 2.24) is 10.2 Å². The van der Waals surface area contributed by atoms with E-state index in [4.69, 9.17) is 11.6 Å². The van der Waals surface area contributed by atoms with Gasteiger partial charge >= 0.3 is 0 Å². The van der Waals surface area contributed by atoms with Gasteiger partial charge in [0.2, 0.25) is 0 Å². The predicted octanol–water partition coefficient (Wildman–Crippen LogP) is 5.32. The van der Waals surface area contributed by atoms with E-state index in [-0.39, 0.29) is 10.9 Å². The molecule has 1 heterocycles. The Morgan fingerprint density at radius 3 is 2.21 bits per heavy atom. The van der Waals surface area contributed by atoms with Gasteiger partial charge in [0.05, 0.1) is 0 Å². The van der Waals surface area contributed by atoms with Gasteiger partial charge in [0, 0.05) is 29.3 Å². The van der Waals surface area contributed by atoms with Crippen LogP contribution < -0.4 is 5.32 Å². The Labute approximate surface area is 168 Å². The van der Waals surface area contributed by atoms with E-state index in [1.165, 1.54) is 0 Å². The summed E-state index contributed by atoms with van der Waals surface area (Å²) in [4.78, 5) is 12.7. The van der Waals surface area contributed by atoms with Crippen LogP contribution in [0.1, 0.15) is 21.5 Å². The Morgan fingerprint density at radius 2 is 1.50 bits per heavy atom. The van der Waals surface area contributed by atoms with E-state index in [9.17, 15) is 4.79 Å². The average molecular weight is 388 g/mol. The SMILES string of the molecule is O=C(Cc1ccccc1)c1ccc2c(NCc3ccccc3)nnc(Cl)c2c1. The summed E-state index contributed by atoms with van der Waals surface area (Å²) in [6.45, 7) is 0.626. The van der Waals surface area contributed by atoms with Gasteiger partial charge in [-0.3, -0.25) is 4.79 Å². The number of Topliss-reactive ketones (excluding diaryl/α,β-unsaturated/α-hetero) is 1. The lowest BCUT2D eigenvalue weighted by Crippen LogP contribution is -2.06.